The minimum absolute atomic E-state index is 0.155. The molecule has 41 heavy (non-hydrogen) atoms. The third-order valence-corrected chi connectivity index (χ3v) is 9.75. The van der Waals surface area contributed by atoms with Crippen molar-refractivity contribution in [2.24, 2.45) is 17.8 Å². The minimum atomic E-state index is 0.155. The summed E-state index contributed by atoms with van der Waals surface area (Å²) in [6.07, 6.45) is 13.9. The molecule has 0 radical (unpaired) electrons. The van der Waals surface area contributed by atoms with E-state index in [0.717, 1.165) is 25.7 Å². The van der Waals surface area contributed by atoms with Gasteiger partial charge in [-0.3, -0.25) is 0 Å². The van der Waals surface area contributed by atoms with Gasteiger partial charge in [-0.1, -0.05) is 152 Å². The first kappa shape index (κ1) is 29.4. The Kier molecular flexibility index (Phi) is 8.34. The van der Waals surface area contributed by atoms with Crippen LogP contribution in [0.4, 0.5) is 0 Å². The molecular formula is C41H50. The smallest absolute Gasteiger partial charge is 0.0123 e. The van der Waals surface area contributed by atoms with Crippen LogP contribution in [0, 0.1) is 17.8 Å². The van der Waals surface area contributed by atoms with E-state index < -0.39 is 0 Å². The van der Waals surface area contributed by atoms with E-state index >= 15 is 0 Å². The van der Waals surface area contributed by atoms with Crippen molar-refractivity contribution in [1.82, 2.24) is 0 Å². The molecule has 0 spiro atoms. The van der Waals surface area contributed by atoms with Crippen LogP contribution in [0.1, 0.15) is 108 Å². The molecule has 0 aromatic heterocycles. The Bertz CT molecular complexity index is 1440. The monoisotopic (exact) mass is 542 g/mol. The second-order valence-corrected chi connectivity index (χ2v) is 14.2. The van der Waals surface area contributed by atoms with E-state index in [1.54, 1.807) is 5.57 Å². The highest BCUT2D eigenvalue weighted by Gasteiger charge is 2.45. The van der Waals surface area contributed by atoms with E-state index in [9.17, 15) is 0 Å². The second-order valence-electron chi connectivity index (χ2n) is 14.2. The molecule has 0 amide bonds. The zero-order valence-corrected chi connectivity index (χ0v) is 26.6. The van der Waals surface area contributed by atoms with Crippen LogP contribution in [0.3, 0.4) is 0 Å². The normalized spacial score (nSPS) is 25.3. The van der Waals surface area contributed by atoms with Gasteiger partial charge in [0.25, 0.3) is 0 Å². The van der Waals surface area contributed by atoms with Crippen molar-refractivity contribution < 1.29 is 0 Å². The number of hydrogen-bond acceptors (Lipinski definition) is 0. The lowest BCUT2D eigenvalue weighted by Crippen LogP contribution is -2.31. The fourth-order valence-corrected chi connectivity index (χ4v) is 7.46. The maximum Gasteiger partial charge on any atom is 0.0123 e. The molecule has 0 bridgehead atoms. The number of rotatable bonds is 7. The van der Waals surface area contributed by atoms with Crippen molar-refractivity contribution in [3.63, 3.8) is 0 Å². The summed E-state index contributed by atoms with van der Waals surface area (Å²) in [7, 11) is 0. The first-order valence-corrected chi connectivity index (χ1v) is 15.9. The van der Waals surface area contributed by atoms with Gasteiger partial charge in [0.05, 0.1) is 0 Å². The average molecular weight is 543 g/mol. The van der Waals surface area contributed by atoms with Crippen molar-refractivity contribution in [3.8, 4) is 0 Å². The number of fused-ring (bicyclic) bond motifs is 1. The summed E-state index contributed by atoms with van der Waals surface area (Å²) in [5.74, 6) is 2.23. The molecule has 5 rings (SSSR count). The molecule has 0 N–H and O–H groups in total. The largest absolute Gasteiger partial charge is 0.0995 e. The summed E-state index contributed by atoms with van der Waals surface area (Å²) >= 11 is 0. The highest BCUT2D eigenvalue weighted by molar-refractivity contribution is 5.74. The summed E-state index contributed by atoms with van der Waals surface area (Å²) in [6, 6.07) is 18.6. The molecule has 1 fully saturated rings. The molecule has 1 saturated carbocycles. The van der Waals surface area contributed by atoms with Crippen LogP contribution in [0.25, 0.3) is 5.57 Å². The quantitative estimate of drug-likeness (QED) is 0.305. The van der Waals surface area contributed by atoms with Gasteiger partial charge in [-0.15, -0.1) is 0 Å². The molecular weight excluding hydrogens is 492 g/mol. The highest BCUT2D eigenvalue weighted by atomic mass is 14.5. The first-order chi connectivity index (χ1) is 19.5. The lowest BCUT2D eigenvalue weighted by atomic mass is 9.62. The van der Waals surface area contributed by atoms with Gasteiger partial charge in [-0.25, -0.2) is 0 Å². The zero-order valence-electron chi connectivity index (χ0n) is 26.6. The molecule has 0 aliphatic heterocycles. The Balaban J connectivity index is 1.42. The molecule has 0 saturated heterocycles. The first-order valence-electron chi connectivity index (χ1n) is 15.9. The Morgan fingerprint density at radius 3 is 2.41 bits per heavy atom. The Morgan fingerprint density at radius 1 is 1.02 bits per heavy atom. The van der Waals surface area contributed by atoms with Crippen LogP contribution in [0.2, 0.25) is 0 Å². The van der Waals surface area contributed by atoms with E-state index in [4.69, 9.17) is 6.58 Å². The van der Waals surface area contributed by atoms with E-state index in [-0.39, 0.29) is 5.41 Å². The van der Waals surface area contributed by atoms with E-state index in [1.165, 1.54) is 50.1 Å². The van der Waals surface area contributed by atoms with Gasteiger partial charge in [0.1, 0.15) is 0 Å². The molecule has 4 atom stereocenters. The molecule has 2 aromatic carbocycles. The zero-order chi connectivity index (χ0) is 29.5. The molecule has 0 heteroatoms. The summed E-state index contributed by atoms with van der Waals surface area (Å²) < 4.78 is 0. The van der Waals surface area contributed by atoms with Crippen molar-refractivity contribution in [2.45, 2.75) is 91.4 Å². The van der Waals surface area contributed by atoms with Crippen molar-refractivity contribution in [3.05, 3.63) is 136 Å². The molecule has 0 heterocycles. The third kappa shape index (κ3) is 5.94. The maximum atomic E-state index is 4.78. The van der Waals surface area contributed by atoms with Crippen LogP contribution >= 0.6 is 0 Å². The van der Waals surface area contributed by atoms with E-state index in [1.807, 2.05) is 0 Å². The Labute approximate surface area is 250 Å². The van der Waals surface area contributed by atoms with E-state index in [0.29, 0.717) is 29.6 Å². The van der Waals surface area contributed by atoms with Crippen LogP contribution in [0.5, 0.6) is 0 Å². The minimum Gasteiger partial charge on any atom is -0.0995 e. The van der Waals surface area contributed by atoms with Gasteiger partial charge in [0.15, 0.2) is 0 Å². The molecule has 4 unspecified atom stereocenters. The Morgan fingerprint density at radius 2 is 1.76 bits per heavy atom. The van der Waals surface area contributed by atoms with Crippen LogP contribution in [-0.4, -0.2) is 0 Å². The molecule has 214 valence electrons. The standard InChI is InChI=1S/C41H50/c1-10-12-27(4)38-28(5)21-36-24-35(29(6)39(36)40(38)32-19-17-31(18-20-32)26(2)3)23-30-15-16-34(22-30)33-13-11-14-37(25-33)41(7,8)9/h11,13-21,23,25-26,28,38-40H,4,6,10,12,22,24H2,1-3,5,7-9H3. The van der Waals surface area contributed by atoms with Crippen molar-refractivity contribution in [1.29, 1.82) is 0 Å². The summed E-state index contributed by atoms with van der Waals surface area (Å²) in [4.78, 5) is 0. The lowest BCUT2D eigenvalue weighted by molar-refractivity contribution is 0.322. The van der Waals surface area contributed by atoms with Gasteiger partial charge in [-0.2, -0.15) is 0 Å². The third-order valence-electron chi connectivity index (χ3n) is 9.75. The van der Waals surface area contributed by atoms with Crippen molar-refractivity contribution in [2.75, 3.05) is 0 Å². The van der Waals surface area contributed by atoms with Crippen LogP contribution in [0.15, 0.2) is 114 Å². The second kappa shape index (κ2) is 11.6. The van der Waals surface area contributed by atoms with Crippen LogP contribution in [-0.2, 0) is 5.41 Å². The summed E-state index contributed by atoms with van der Waals surface area (Å²) in [6.45, 7) is 25.5. The number of benzene rings is 2. The topological polar surface area (TPSA) is 0 Å². The lowest BCUT2D eigenvalue weighted by Gasteiger charge is -2.41. The van der Waals surface area contributed by atoms with Gasteiger partial charge in [0, 0.05) is 11.8 Å². The summed E-state index contributed by atoms with van der Waals surface area (Å²) in [5, 5.41) is 0. The SMILES string of the molecule is C=C1C(=CC2=CC=C(c3cccc(C(C)(C)C)c3)C2)CC2=CC(C)C(C(=C)CCC)C(c3ccc(C(C)C)cc3)C12. The molecule has 3 aliphatic rings. The van der Waals surface area contributed by atoms with Gasteiger partial charge in [-0.05, 0) is 87.0 Å². The van der Waals surface area contributed by atoms with E-state index in [2.05, 4.69) is 128 Å². The number of hydrogen-bond donors (Lipinski definition) is 0. The number of allylic oxidation sites excluding steroid dienone is 10. The maximum absolute atomic E-state index is 4.78. The average Bonchev–Trinajstić information content (AvgIpc) is 3.52. The van der Waals surface area contributed by atoms with Crippen LogP contribution < -0.4 is 0 Å². The summed E-state index contributed by atoms with van der Waals surface area (Å²) in [5.41, 5.74) is 14.3. The van der Waals surface area contributed by atoms with Gasteiger partial charge in [0.2, 0.25) is 0 Å². The van der Waals surface area contributed by atoms with Crippen molar-refractivity contribution >= 4 is 5.57 Å². The fraction of sp³-hybridized carbons (Fsp3) is 0.415. The predicted molar refractivity (Wildman–Crippen MR) is 179 cm³/mol. The highest BCUT2D eigenvalue weighted by Crippen LogP contribution is 2.57. The molecule has 0 nitrogen and oxygen atoms in total. The molecule has 2 aromatic rings. The fourth-order valence-electron chi connectivity index (χ4n) is 7.46. The predicted octanol–water partition coefficient (Wildman–Crippen LogP) is 11.7. The van der Waals surface area contributed by atoms with Gasteiger partial charge < -0.3 is 0 Å². The van der Waals surface area contributed by atoms with Gasteiger partial charge >= 0.3 is 0 Å². The molecule has 3 aliphatic carbocycles. The Hall–Kier alpha value is -3.12.